The maximum Gasteiger partial charge on any atom is 0.239 e. The van der Waals surface area contributed by atoms with Crippen LogP contribution >= 0.6 is 12.4 Å². The van der Waals surface area contributed by atoms with Gasteiger partial charge >= 0.3 is 0 Å². The molecule has 0 radical (unpaired) electrons. The maximum atomic E-state index is 12.2. The predicted octanol–water partition coefficient (Wildman–Crippen LogP) is 1.26. The molecule has 3 rings (SSSR count). The van der Waals surface area contributed by atoms with Crippen molar-refractivity contribution in [2.45, 2.75) is 25.3 Å². The topological polar surface area (TPSA) is 68.8 Å². The molecule has 2 N–H and O–H groups in total. The number of nitrogens with one attached hydrogen (secondary N) is 2. The van der Waals surface area contributed by atoms with Gasteiger partial charge in [0.05, 0.1) is 13.2 Å². The molecule has 134 valence electrons. The van der Waals surface area contributed by atoms with Crippen LogP contribution in [0.3, 0.4) is 0 Å². The Balaban J connectivity index is 0.00000208. The summed E-state index contributed by atoms with van der Waals surface area (Å²) in [5.74, 6) is 1.54. The zero-order valence-corrected chi connectivity index (χ0v) is 14.9. The first-order valence-corrected chi connectivity index (χ1v) is 8.05. The number of morpholine rings is 1. The van der Waals surface area contributed by atoms with Crippen molar-refractivity contribution in [1.29, 1.82) is 0 Å². The summed E-state index contributed by atoms with van der Waals surface area (Å²) in [5.41, 5.74) is 0.899. The molecule has 1 amide bonds. The predicted molar refractivity (Wildman–Crippen MR) is 93.3 cm³/mol. The van der Waals surface area contributed by atoms with Gasteiger partial charge in [0, 0.05) is 18.5 Å². The van der Waals surface area contributed by atoms with Gasteiger partial charge in [-0.3, -0.25) is 4.79 Å². The third-order valence-corrected chi connectivity index (χ3v) is 4.27. The molecule has 6 nitrogen and oxygen atoms in total. The maximum absolute atomic E-state index is 12.2. The van der Waals surface area contributed by atoms with E-state index in [2.05, 4.69) is 24.5 Å². The lowest BCUT2D eigenvalue weighted by atomic mass is 9.84. The highest BCUT2D eigenvalue weighted by molar-refractivity contribution is 5.85. The summed E-state index contributed by atoms with van der Waals surface area (Å²) in [7, 11) is 0. The lowest BCUT2D eigenvalue weighted by Crippen LogP contribution is -2.52. The van der Waals surface area contributed by atoms with Gasteiger partial charge in [-0.2, -0.15) is 0 Å². The lowest BCUT2D eigenvalue weighted by molar-refractivity contribution is -0.126. The van der Waals surface area contributed by atoms with E-state index in [1.165, 1.54) is 0 Å². The number of halogens is 1. The van der Waals surface area contributed by atoms with E-state index in [1.807, 2.05) is 18.2 Å². The van der Waals surface area contributed by atoms with Crippen LogP contribution in [0.25, 0.3) is 0 Å². The summed E-state index contributed by atoms with van der Waals surface area (Å²) >= 11 is 0. The summed E-state index contributed by atoms with van der Waals surface area (Å²) in [5, 5.41) is 6.18. The Hall–Kier alpha value is -1.50. The van der Waals surface area contributed by atoms with Gasteiger partial charge in [0.25, 0.3) is 0 Å². The fourth-order valence-corrected chi connectivity index (χ4v) is 2.73. The van der Waals surface area contributed by atoms with E-state index < -0.39 is 0 Å². The smallest absolute Gasteiger partial charge is 0.239 e. The van der Waals surface area contributed by atoms with Crippen molar-refractivity contribution in [3.8, 4) is 11.5 Å². The van der Waals surface area contributed by atoms with Crippen molar-refractivity contribution in [3.63, 3.8) is 0 Å². The summed E-state index contributed by atoms with van der Waals surface area (Å²) in [6.45, 7) is 7.70. The number of hydrogen-bond donors (Lipinski definition) is 2. The fraction of sp³-hybridized carbons (Fsp3) is 0.588. The molecule has 2 aliphatic heterocycles. The molecule has 0 saturated carbocycles. The number of rotatable bonds is 4. The second-order valence-corrected chi connectivity index (χ2v) is 6.54. The molecule has 7 heteroatoms. The highest BCUT2D eigenvalue weighted by atomic mass is 35.5. The third kappa shape index (κ3) is 4.32. The largest absolute Gasteiger partial charge is 0.486 e. The Morgan fingerprint density at radius 3 is 2.71 bits per heavy atom. The van der Waals surface area contributed by atoms with Crippen molar-refractivity contribution in [2.24, 2.45) is 0 Å². The van der Waals surface area contributed by atoms with Crippen molar-refractivity contribution in [3.05, 3.63) is 23.8 Å². The normalized spacial score (nSPS) is 20.0. The van der Waals surface area contributed by atoms with Gasteiger partial charge in [0.15, 0.2) is 11.5 Å². The minimum Gasteiger partial charge on any atom is -0.486 e. The first-order valence-electron chi connectivity index (χ1n) is 8.05. The van der Waals surface area contributed by atoms with Gasteiger partial charge < -0.3 is 24.8 Å². The number of benzene rings is 1. The van der Waals surface area contributed by atoms with Crippen LogP contribution < -0.4 is 20.1 Å². The second kappa shape index (κ2) is 8.05. The van der Waals surface area contributed by atoms with Crippen molar-refractivity contribution in [2.75, 3.05) is 39.5 Å². The van der Waals surface area contributed by atoms with E-state index in [9.17, 15) is 4.79 Å². The molecule has 1 atom stereocenters. The van der Waals surface area contributed by atoms with Crippen LogP contribution in [0.2, 0.25) is 0 Å². The van der Waals surface area contributed by atoms with Gasteiger partial charge in [0.1, 0.15) is 19.3 Å². The molecule has 2 heterocycles. The summed E-state index contributed by atoms with van der Waals surface area (Å²) < 4.78 is 16.5. The molecule has 24 heavy (non-hydrogen) atoms. The van der Waals surface area contributed by atoms with Crippen molar-refractivity contribution < 1.29 is 19.0 Å². The van der Waals surface area contributed by atoms with Crippen LogP contribution in [0.4, 0.5) is 0 Å². The van der Waals surface area contributed by atoms with Gasteiger partial charge in [-0.1, -0.05) is 19.9 Å². The van der Waals surface area contributed by atoms with Gasteiger partial charge in [-0.25, -0.2) is 0 Å². The molecule has 1 fully saturated rings. The van der Waals surface area contributed by atoms with E-state index in [4.69, 9.17) is 14.2 Å². The molecule has 1 unspecified atom stereocenters. The van der Waals surface area contributed by atoms with Gasteiger partial charge in [0.2, 0.25) is 5.91 Å². The van der Waals surface area contributed by atoms with E-state index in [0.29, 0.717) is 39.5 Å². The van der Waals surface area contributed by atoms with Crippen LogP contribution in [0.15, 0.2) is 18.2 Å². The van der Waals surface area contributed by atoms with Crippen LogP contribution in [-0.4, -0.2) is 51.5 Å². The van der Waals surface area contributed by atoms with Crippen LogP contribution in [0.1, 0.15) is 19.4 Å². The van der Waals surface area contributed by atoms with Crippen molar-refractivity contribution >= 4 is 18.3 Å². The minimum atomic E-state index is -0.264. The minimum absolute atomic E-state index is 0. The molecule has 1 aromatic rings. The molecular formula is C17H25ClN2O4. The fourth-order valence-electron chi connectivity index (χ4n) is 2.73. The van der Waals surface area contributed by atoms with Crippen molar-refractivity contribution in [1.82, 2.24) is 10.6 Å². The lowest BCUT2D eigenvalue weighted by Gasteiger charge is -2.29. The van der Waals surface area contributed by atoms with E-state index in [-0.39, 0.29) is 29.8 Å². The van der Waals surface area contributed by atoms with Crippen LogP contribution in [-0.2, 0) is 14.9 Å². The van der Waals surface area contributed by atoms with Gasteiger partial charge in [-0.05, 0) is 17.7 Å². The quantitative estimate of drug-likeness (QED) is 0.850. The number of hydrogen-bond acceptors (Lipinski definition) is 5. The van der Waals surface area contributed by atoms with Gasteiger partial charge in [-0.15, -0.1) is 12.4 Å². The molecule has 1 saturated heterocycles. The highest BCUT2D eigenvalue weighted by Crippen LogP contribution is 2.34. The van der Waals surface area contributed by atoms with E-state index >= 15 is 0 Å². The monoisotopic (exact) mass is 356 g/mol. The molecule has 0 bridgehead atoms. The Bertz CT molecular complexity index is 574. The molecule has 0 spiro atoms. The summed E-state index contributed by atoms with van der Waals surface area (Å²) in [6, 6.07) is 5.70. The molecule has 2 aliphatic rings. The SMILES string of the molecule is CC(C)(CNC(=O)C1COCCN1)c1ccc2c(c1)OCCO2.Cl. The van der Waals surface area contributed by atoms with E-state index in [1.54, 1.807) is 0 Å². The average molecular weight is 357 g/mol. The number of carbonyl (C=O) groups is 1. The zero-order chi connectivity index (χ0) is 16.3. The van der Waals surface area contributed by atoms with Crippen LogP contribution in [0, 0.1) is 0 Å². The molecule has 0 aliphatic carbocycles. The average Bonchev–Trinajstić information content (AvgIpc) is 2.60. The molecular weight excluding hydrogens is 332 g/mol. The third-order valence-electron chi connectivity index (χ3n) is 4.27. The standard InChI is InChI=1S/C17H24N2O4.ClH/c1-17(2,11-19-16(20)13-10-21-6-5-18-13)12-3-4-14-15(9-12)23-8-7-22-14;/h3-4,9,13,18H,5-8,10-11H2,1-2H3,(H,19,20);1H. The Labute approximate surface area is 148 Å². The Morgan fingerprint density at radius 2 is 2.00 bits per heavy atom. The Morgan fingerprint density at radius 1 is 1.25 bits per heavy atom. The molecule has 0 aromatic heterocycles. The van der Waals surface area contributed by atoms with Crippen LogP contribution in [0.5, 0.6) is 11.5 Å². The highest BCUT2D eigenvalue weighted by Gasteiger charge is 2.27. The van der Waals surface area contributed by atoms with E-state index in [0.717, 1.165) is 17.1 Å². The first kappa shape index (κ1) is 18.8. The molecule has 1 aromatic carbocycles. The first-order chi connectivity index (χ1) is 11.1. The summed E-state index contributed by atoms with van der Waals surface area (Å²) in [6.07, 6.45) is 0. The number of fused-ring (bicyclic) bond motifs is 1. The summed E-state index contributed by atoms with van der Waals surface area (Å²) in [4.78, 5) is 12.2. The number of amides is 1. The second-order valence-electron chi connectivity index (χ2n) is 6.54. The number of carbonyl (C=O) groups excluding carboxylic acids is 1. The number of ether oxygens (including phenoxy) is 3. The zero-order valence-electron chi connectivity index (χ0n) is 14.1. The Kier molecular flexibility index (Phi) is 6.32.